The topological polar surface area (TPSA) is 24.9 Å². The molecule has 0 fully saturated rings. The molecule has 0 aliphatic carbocycles. The van der Waals surface area contributed by atoms with Gasteiger partial charge in [-0.3, -0.25) is 0 Å². The number of nitrogens with one attached hydrogen (secondary N) is 1. The standard InChI is InChI=1S/C9H12N2S/c1-4-6-10-9-11-7(3)8(5-2)12-9/h1H,5-6H2,2-3H3,(H,10,11). The van der Waals surface area contributed by atoms with E-state index >= 15 is 0 Å². The van der Waals surface area contributed by atoms with Crippen molar-refractivity contribution in [3.8, 4) is 12.3 Å². The van der Waals surface area contributed by atoms with Crippen molar-refractivity contribution in [2.24, 2.45) is 0 Å². The smallest absolute Gasteiger partial charge is 0.183 e. The maximum atomic E-state index is 5.12. The van der Waals surface area contributed by atoms with Gasteiger partial charge in [0.1, 0.15) is 0 Å². The Kier molecular flexibility index (Phi) is 3.12. The number of aryl methyl sites for hydroxylation is 2. The lowest BCUT2D eigenvalue weighted by atomic mass is 10.3. The Balaban J connectivity index is 2.70. The number of rotatable bonds is 3. The van der Waals surface area contributed by atoms with Gasteiger partial charge in [-0.15, -0.1) is 17.8 Å². The molecule has 0 saturated carbocycles. The molecule has 0 unspecified atom stereocenters. The lowest BCUT2D eigenvalue weighted by Crippen LogP contribution is -1.96. The molecule has 3 heteroatoms. The quantitative estimate of drug-likeness (QED) is 0.720. The van der Waals surface area contributed by atoms with E-state index in [1.165, 1.54) is 4.88 Å². The molecule has 0 saturated heterocycles. The van der Waals surface area contributed by atoms with Crippen molar-refractivity contribution in [2.45, 2.75) is 20.3 Å². The van der Waals surface area contributed by atoms with Crippen LogP contribution in [0, 0.1) is 19.3 Å². The van der Waals surface area contributed by atoms with Crippen molar-refractivity contribution in [2.75, 3.05) is 11.9 Å². The molecule has 1 rings (SSSR count). The van der Waals surface area contributed by atoms with E-state index in [0.717, 1.165) is 17.2 Å². The Morgan fingerprint density at radius 2 is 2.42 bits per heavy atom. The Morgan fingerprint density at radius 1 is 1.67 bits per heavy atom. The summed E-state index contributed by atoms with van der Waals surface area (Å²) in [6, 6.07) is 0. The van der Waals surface area contributed by atoms with Crippen LogP contribution in [0.1, 0.15) is 17.5 Å². The first kappa shape index (κ1) is 9.08. The van der Waals surface area contributed by atoms with Gasteiger partial charge in [-0.25, -0.2) is 4.98 Å². The van der Waals surface area contributed by atoms with Gasteiger partial charge in [-0.05, 0) is 13.3 Å². The first-order chi connectivity index (χ1) is 5.77. The minimum atomic E-state index is 0.552. The molecule has 0 atom stereocenters. The molecule has 0 aliphatic heterocycles. The predicted molar refractivity (Wildman–Crippen MR) is 53.6 cm³/mol. The SMILES string of the molecule is C#CCNc1nc(C)c(CC)s1. The number of aromatic nitrogens is 1. The average molecular weight is 180 g/mol. The van der Waals surface area contributed by atoms with Gasteiger partial charge in [0.15, 0.2) is 5.13 Å². The summed E-state index contributed by atoms with van der Waals surface area (Å²) in [6.45, 7) is 4.71. The highest BCUT2D eigenvalue weighted by molar-refractivity contribution is 7.15. The molecule has 0 aliphatic rings. The van der Waals surface area contributed by atoms with Crippen LogP contribution >= 0.6 is 11.3 Å². The van der Waals surface area contributed by atoms with Crippen molar-refractivity contribution < 1.29 is 0 Å². The van der Waals surface area contributed by atoms with Crippen LogP contribution in [0.25, 0.3) is 0 Å². The van der Waals surface area contributed by atoms with Crippen LogP contribution < -0.4 is 5.32 Å². The van der Waals surface area contributed by atoms with E-state index in [2.05, 4.69) is 23.1 Å². The highest BCUT2D eigenvalue weighted by Gasteiger charge is 2.03. The van der Waals surface area contributed by atoms with E-state index in [1.807, 2.05) is 6.92 Å². The number of anilines is 1. The Bertz CT molecular complexity index is 296. The van der Waals surface area contributed by atoms with Crippen LogP contribution in [0.3, 0.4) is 0 Å². The fourth-order valence-corrected chi connectivity index (χ4v) is 1.86. The summed E-state index contributed by atoms with van der Waals surface area (Å²) in [5.41, 5.74) is 1.11. The van der Waals surface area contributed by atoms with Crippen molar-refractivity contribution in [3.05, 3.63) is 10.6 Å². The van der Waals surface area contributed by atoms with E-state index < -0.39 is 0 Å². The van der Waals surface area contributed by atoms with Crippen molar-refractivity contribution in [3.63, 3.8) is 0 Å². The molecule has 0 aromatic carbocycles. The van der Waals surface area contributed by atoms with Gasteiger partial charge in [0.2, 0.25) is 0 Å². The number of nitrogens with zero attached hydrogens (tertiary/aromatic N) is 1. The summed E-state index contributed by atoms with van der Waals surface area (Å²) in [5, 5.41) is 3.99. The molecule has 1 aromatic rings. The molecule has 0 bridgehead atoms. The van der Waals surface area contributed by atoms with E-state index in [1.54, 1.807) is 11.3 Å². The predicted octanol–water partition coefficient (Wildman–Crippen LogP) is 2.06. The van der Waals surface area contributed by atoms with Crippen LogP contribution in [-0.2, 0) is 6.42 Å². The second kappa shape index (κ2) is 4.13. The summed E-state index contributed by atoms with van der Waals surface area (Å²) in [7, 11) is 0. The molecule has 64 valence electrons. The summed E-state index contributed by atoms with van der Waals surface area (Å²) in [5.74, 6) is 2.52. The van der Waals surface area contributed by atoms with Crippen molar-refractivity contribution >= 4 is 16.5 Å². The third-order valence-electron chi connectivity index (χ3n) is 1.56. The number of terminal acetylenes is 1. The van der Waals surface area contributed by atoms with E-state index in [4.69, 9.17) is 6.42 Å². The maximum Gasteiger partial charge on any atom is 0.183 e. The summed E-state index contributed by atoms with van der Waals surface area (Å²) in [4.78, 5) is 5.66. The van der Waals surface area contributed by atoms with Crippen LogP contribution in [-0.4, -0.2) is 11.5 Å². The first-order valence-corrected chi connectivity index (χ1v) is 4.73. The fourth-order valence-electron chi connectivity index (χ4n) is 0.958. The lowest BCUT2D eigenvalue weighted by molar-refractivity contribution is 1.11. The van der Waals surface area contributed by atoms with Gasteiger partial charge in [0, 0.05) is 4.88 Å². The monoisotopic (exact) mass is 180 g/mol. The lowest BCUT2D eigenvalue weighted by Gasteiger charge is -1.92. The summed E-state index contributed by atoms with van der Waals surface area (Å²) in [6.07, 6.45) is 6.16. The van der Waals surface area contributed by atoms with Crippen LogP contribution in [0.5, 0.6) is 0 Å². The van der Waals surface area contributed by atoms with Gasteiger partial charge in [0.25, 0.3) is 0 Å². The average Bonchev–Trinajstić information content (AvgIpc) is 2.43. The molecular formula is C9H12N2S. The van der Waals surface area contributed by atoms with E-state index in [-0.39, 0.29) is 0 Å². The summed E-state index contributed by atoms with van der Waals surface area (Å²) < 4.78 is 0. The molecule has 1 heterocycles. The Morgan fingerprint density at radius 3 is 2.92 bits per heavy atom. The zero-order chi connectivity index (χ0) is 8.97. The Hall–Kier alpha value is -1.01. The zero-order valence-electron chi connectivity index (χ0n) is 7.35. The molecule has 0 spiro atoms. The molecule has 0 amide bonds. The van der Waals surface area contributed by atoms with Gasteiger partial charge in [-0.2, -0.15) is 0 Å². The third-order valence-corrected chi connectivity index (χ3v) is 2.81. The Labute approximate surface area is 77.0 Å². The van der Waals surface area contributed by atoms with Crippen LogP contribution in [0.2, 0.25) is 0 Å². The second-order valence-electron chi connectivity index (χ2n) is 2.44. The molecule has 2 nitrogen and oxygen atoms in total. The molecule has 1 N–H and O–H groups in total. The maximum absolute atomic E-state index is 5.12. The molecule has 12 heavy (non-hydrogen) atoms. The largest absolute Gasteiger partial charge is 0.351 e. The van der Waals surface area contributed by atoms with Gasteiger partial charge >= 0.3 is 0 Å². The highest BCUT2D eigenvalue weighted by Crippen LogP contribution is 2.22. The molecular weight excluding hydrogens is 168 g/mol. The van der Waals surface area contributed by atoms with Gasteiger partial charge in [0.05, 0.1) is 12.2 Å². The molecule has 0 radical (unpaired) electrons. The highest BCUT2D eigenvalue weighted by atomic mass is 32.1. The van der Waals surface area contributed by atoms with Crippen molar-refractivity contribution in [1.82, 2.24) is 4.98 Å². The van der Waals surface area contributed by atoms with Gasteiger partial charge in [-0.1, -0.05) is 12.8 Å². The normalized spacial score (nSPS) is 9.42. The number of thiazole rings is 1. The van der Waals surface area contributed by atoms with Crippen LogP contribution in [0.4, 0.5) is 5.13 Å². The molecule has 1 aromatic heterocycles. The minimum Gasteiger partial charge on any atom is -0.351 e. The third kappa shape index (κ3) is 1.99. The van der Waals surface area contributed by atoms with Crippen molar-refractivity contribution in [1.29, 1.82) is 0 Å². The number of hydrogen-bond acceptors (Lipinski definition) is 3. The second-order valence-corrected chi connectivity index (χ2v) is 3.52. The first-order valence-electron chi connectivity index (χ1n) is 3.91. The summed E-state index contributed by atoms with van der Waals surface area (Å²) >= 11 is 1.68. The van der Waals surface area contributed by atoms with E-state index in [9.17, 15) is 0 Å². The van der Waals surface area contributed by atoms with Crippen LogP contribution in [0.15, 0.2) is 0 Å². The minimum absolute atomic E-state index is 0.552. The number of hydrogen-bond donors (Lipinski definition) is 1. The zero-order valence-corrected chi connectivity index (χ0v) is 8.16. The van der Waals surface area contributed by atoms with Gasteiger partial charge < -0.3 is 5.32 Å². The van der Waals surface area contributed by atoms with E-state index in [0.29, 0.717) is 6.54 Å². The fraction of sp³-hybridized carbons (Fsp3) is 0.444.